The summed E-state index contributed by atoms with van der Waals surface area (Å²) < 4.78 is 29.7. The number of fused-ring (bicyclic) bond motifs is 3. The number of imidazole rings is 1. The summed E-state index contributed by atoms with van der Waals surface area (Å²) in [4.78, 5) is 9.27. The molecule has 1 aromatic carbocycles. The molecule has 1 aliphatic heterocycles. The van der Waals surface area contributed by atoms with E-state index in [2.05, 4.69) is 19.9 Å². The predicted molar refractivity (Wildman–Crippen MR) is 114 cm³/mol. The van der Waals surface area contributed by atoms with Gasteiger partial charge in [-0.3, -0.25) is 0 Å². The molecule has 0 aliphatic carbocycles. The summed E-state index contributed by atoms with van der Waals surface area (Å²) in [6.07, 6.45) is 4.38. The Balaban J connectivity index is 1.77. The fourth-order valence-electron chi connectivity index (χ4n) is 4.28. The van der Waals surface area contributed by atoms with Gasteiger partial charge in [0.2, 0.25) is 0 Å². The second-order valence-corrected chi connectivity index (χ2v) is 9.49. The van der Waals surface area contributed by atoms with Crippen LogP contribution in [0.1, 0.15) is 37.7 Å². The number of hydrogen-bond acceptors (Lipinski definition) is 6. The Bertz CT molecular complexity index is 1320. The van der Waals surface area contributed by atoms with Gasteiger partial charge in [-0.2, -0.15) is 0 Å². The van der Waals surface area contributed by atoms with E-state index in [4.69, 9.17) is 0 Å². The Labute approximate surface area is 174 Å². The SMILES string of the molecule is C[C@@H](O)c1nc2cnc3c(ccn3S(=O)(=O)c3ccccc3)c2n1[C@@H]1CCCNC1. The molecule has 2 N–H and O–H groups in total. The first-order valence-electron chi connectivity index (χ1n) is 10.1. The summed E-state index contributed by atoms with van der Waals surface area (Å²) in [5, 5.41) is 14.5. The molecule has 1 fully saturated rings. The van der Waals surface area contributed by atoms with E-state index in [9.17, 15) is 13.5 Å². The minimum atomic E-state index is -3.78. The monoisotopic (exact) mass is 425 g/mol. The van der Waals surface area contributed by atoms with Gasteiger partial charge in [-0.1, -0.05) is 18.2 Å². The number of aliphatic hydroxyl groups excluding tert-OH is 1. The first-order chi connectivity index (χ1) is 14.5. The van der Waals surface area contributed by atoms with E-state index in [1.807, 2.05) is 0 Å². The molecule has 0 unspecified atom stereocenters. The van der Waals surface area contributed by atoms with Gasteiger partial charge >= 0.3 is 0 Å². The lowest BCUT2D eigenvalue weighted by Gasteiger charge is -2.27. The van der Waals surface area contributed by atoms with Gasteiger partial charge in [-0.25, -0.2) is 22.4 Å². The number of pyridine rings is 1. The van der Waals surface area contributed by atoms with Crippen molar-refractivity contribution >= 4 is 32.1 Å². The summed E-state index contributed by atoms with van der Waals surface area (Å²) in [5.74, 6) is 0.576. The highest BCUT2D eigenvalue weighted by Gasteiger charge is 2.27. The normalized spacial score (nSPS) is 18.8. The number of piperidine rings is 1. The van der Waals surface area contributed by atoms with E-state index in [1.54, 1.807) is 49.5 Å². The van der Waals surface area contributed by atoms with E-state index in [0.29, 0.717) is 22.4 Å². The molecule has 8 nitrogen and oxygen atoms in total. The van der Waals surface area contributed by atoms with Gasteiger partial charge in [-0.15, -0.1) is 0 Å². The van der Waals surface area contributed by atoms with Crippen LogP contribution in [0.3, 0.4) is 0 Å². The van der Waals surface area contributed by atoms with Crippen molar-refractivity contribution in [3.63, 3.8) is 0 Å². The molecule has 0 spiro atoms. The van der Waals surface area contributed by atoms with Crippen molar-refractivity contribution in [2.24, 2.45) is 0 Å². The summed E-state index contributed by atoms with van der Waals surface area (Å²) in [7, 11) is -3.78. The topological polar surface area (TPSA) is 102 Å². The van der Waals surface area contributed by atoms with Crippen molar-refractivity contribution in [1.82, 2.24) is 23.8 Å². The van der Waals surface area contributed by atoms with Crippen LogP contribution >= 0.6 is 0 Å². The van der Waals surface area contributed by atoms with Crippen LogP contribution in [0, 0.1) is 0 Å². The third kappa shape index (κ3) is 2.92. The summed E-state index contributed by atoms with van der Waals surface area (Å²) in [6.45, 7) is 3.44. The summed E-state index contributed by atoms with van der Waals surface area (Å²) >= 11 is 0. The van der Waals surface area contributed by atoms with Crippen molar-refractivity contribution in [3.8, 4) is 0 Å². The van der Waals surface area contributed by atoms with Crippen LogP contribution in [0.4, 0.5) is 0 Å². The molecule has 5 rings (SSSR count). The largest absolute Gasteiger partial charge is 0.385 e. The molecule has 9 heteroatoms. The van der Waals surface area contributed by atoms with E-state index < -0.39 is 16.1 Å². The van der Waals surface area contributed by atoms with Crippen LogP contribution in [0.2, 0.25) is 0 Å². The number of nitrogens with one attached hydrogen (secondary N) is 1. The van der Waals surface area contributed by atoms with Gasteiger partial charge in [0.15, 0.2) is 5.65 Å². The smallest absolute Gasteiger partial charge is 0.269 e. The van der Waals surface area contributed by atoms with Gasteiger partial charge in [0.25, 0.3) is 10.0 Å². The van der Waals surface area contributed by atoms with Crippen LogP contribution in [-0.2, 0) is 10.0 Å². The maximum absolute atomic E-state index is 13.2. The lowest BCUT2D eigenvalue weighted by Crippen LogP contribution is -2.32. The molecule has 2 atom stereocenters. The van der Waals surface area contributed by atoms with E-state index in [1.165, 1.54) is 10.2 Å². The van der Waals surface area contributed by atoms with E-state index in [-0.39, 0.29) is 10.9 Å². The molecule has 30 heavy (non-hydrogen) atoms. The maximum atomic E-state index is 13.2. The molecule has 0 amide bonds. The van der Waals surface area contributed by atoms with E-state index in [0.717, 1.165) is 31.4 Å². The fourth-order valence-corrected chi connectivity index (χ4v) is 5.61. The third-order valence-electron chi connectivity index (χ3n) is 5.67. The molecular formula is C21H23N5O3S. The molecule has 4 heterocycles. The molecule has 1 aliphatic rings. The number of rotatable bonds is 4. The second-order valence-electron chi connectivity index (χ2n) is 7.68. The Morgan fingerprint density at radius 2 is 2.03 bits per heavy atom. The second kappa shape index (κ2) is 7.19. The zero-order chi connectivity index (χ0) is 20.9. The van der Waals surface area contributed by atoms with Crippen LogP contribution in [0.15, 0.2) is 53.7 Å². The van der Waals surface area contributed by atoms with Crippen LogP contribution in [-0.4, -0.2) is 45.1 Å². The van der Waals surface area contributed by atoms with E-state index >= 15 is 0 Å². The van der Waals surface area contributed by atoms with Crippen LogP contribution in [0.5, 0.6) is 0 Å². The molecule has 0 bridgehead atoms. The molecule has 4 aromatic rings. The molecule has 0 saturated carbocycles. The Kier molecular flexibility index (Phi) is 4.61. The Morgan fingerprint density at radius 1 is 1.23 bits per heavy atom. The highest BCUT2D eigenvalue weighted by atomic mass is 32.2. The zero-order valence-corrected chi connectivity index (χ0v) is 17.4. The van der Waals surface area contributed by atoms with Crippen molar-refractivity contribution in [2.75, 3.05) is 13.1 Å². The van der Waals surface area contributed by atoms with Crippen molar-refractivity contribution < 1.29 is 13.5 Å². The van der Waals surface area contributed by atoms with Crippen molar-refractivity contribution in [1.29, 1.82) is 0 Å². The minimum Gasteiger partial charge on any atom is -0.385 e. The molecule has 156 valence electrons. The number of nitrogens with zero attached hydrogens (tertiary/aromatic N) is 4. The molecule has 1 saturated heterocycles. The number of aliphatic hydroxyl groups is 1. The molecule has 3 aromatic heterocycles. The minimum absolute atomic E-state index is 0.132. The third-order valence-corrected chi connectivity index (χ3v) is 7.35. The van der Waals surface area contributed by atoms with Crippen LogP contribution in [0.25, 0.3) is 22.1 Å². The first kappa shape index (κ1) is 19.2. The first-order valence-corrected chi connectivity index (χ1v) is 11.5. The number of aromatic nitrogens is 4. The highest BCUT2D eigenvalue weighted by Crippen LogP contribution is 2.33. The van der Waals surface area contributed by atoms with Crippen molar-refractivity contribution in [2.45, 2.75) is 36.8 Å². The Hall–Kier alpha value is -2.75. The predicted octanol–water partition coefficient (Wildman–Crippen LogP) is 2.60. The van der Waals surface area contributed by atoms with Gasteiger partial charge in [0.1, 0.15) is 17.4 Å². The Morgan fingerprint density at radius 3 is 2.73 bits per heavy atom. The standard InChI is InChI=1S/C21H23N5O3S/c1-14(27)20-24-18-13-23-21-17(19(18)26(20)15-6-5-10-22-12-15)9-11-25(21)30(28,29)16-7-3-2-4-8-16/h2-4,7-9,11,13-15,22,27H,5-6,10,12H2,1H3/t14-,15-/m1/s1. The maximum Gasteiger partial charge on any atom is 0.269 e. The summed E-state index contributed by atoms with van der Waals surface area (Å²) in [5.41, 5.74) is 1.82. The zero-order valence-electron chi connectivity index (χ0n) is 16.6. The van der Waals surface area contributed by atoms with Crippen molar-refractivity contribution in [3.05, 3.63) is 54.6 Å². The average Bonchev–Trinajstić information content (AvgIpc) is 3.37. The lowest BCUT2D eigenvalue weighted by atomic mass is 10.1. The average molecular weight is 426 g/mol. The fraction of sp³-hybridized carbons (Fsp3) is 0.333. The molecule has 0 radical (unpaired) electrons. The van der Waals surface area contributed by atoms with Gasteiger partial charge < -0.3 is 15.0 Å². The molecular weight excluding hydrogens is 402 g/mol. The summed E-state index contributed by atoms with van der Waals surface area (Å²) in [6, 6.07) is 10.2. The number of benzene rings is 1. The quantitative estimate of drug-likeness (QED) is 0.521. The lowest BCUT2D eigenvalue weighted by molar-refractivity contribution is 0.179. The highest BCUT2D eigenvalue weighted by molar-refractivity contribution is 7.90. The number of hydrogen-bond donors (Lipinski definition) is 2. The van der Waals surface area contributed by atoms with Gasteiger partial charge in [0, 0.05) is 24.2 Å². The van der Waals surface area contributed by atoms with Gasteiger partial charge in [0.05, 0.1) is 16.6 Å². The van der Waals surface area contributed by atoms with Crippen LogP contribution < -0.4 is 5.32 Å². The van der Waals surface area contributed by atoms with Gasteiger partial charge in [-0.05, 0) is 44.5 Å².